The molecular weight excluding hydrogens is 375 g/mol. The molecule has 1 aromatic heterocycles. The summed E-state index contributed by atoms with van der Waals surface area (Å²) in [6.07, 6.45) is 2.21. The molecule has 3 rings (SSSR count). The monoisotopic (exact) mass is 396 g/mol. The van der Waals surface area contributed by atoms with E-state index in [1.54, 1.807) is 18.9 Å². The van der Waals surface area contributed by atoms with Crippen LogP contribution in [-0.4, -0.2) is 36.8 Å². The average Bonchev–Trinajstić information content (AvgIpc) is 2.97. The number of hydrogen-bond donors (Lipinski definition) is 0. The molecule has 1 aromatic carbocycles. The van der Waals surface area contributed by atoms with E-state index in [0.717, 1.165) is 33.4 Å². The molecule has 0 saturated heterocycles. The summed E-state index contributed by atoms with van der Waals surface area (Å²) >= 11 is 1.78. The van der Waals surface area contributed by atoms with Gasteiger partial charge in [-0.2, -0.15) is 0 Å². The molecule has 122 valence electrons. The third kappa shape index (κ3) is 3.21. The van der Waals surface area contributed by atoms with Crippen LogP contribution < -0.4 is 9.47 Å². The number of methoxy groups -OCH3 is 1. The zero-order valence-electron chi connectivity index (χ0n) is 14.0. The van der Waals surface area contributed by atoms with Gasteiger partial charge in [-0.3, -0.25) is 0 Å². The predicted molar refractivity (Wildman–Crippen MR) is 94.8 cm³/mol. The molecule has 2 heterocycles. The van der Waals surface area contributed by atoms with Gasteiger partial charge in [-0.1, -0.05) is 0 Å². The number of thioether (sulfide) groups is 1. The van der Waals surface area contributed by atoms with E-state index in [-0.39, 0.29) is 20.3 Å². The van der Waals surface area contributed by atoms with Crippen molar-refractivity contribution in [1.29, 1.82) is 0 Å². The van der Waals surface area contributed by atoms with E-state index in [0.29, 0.717) is 0 Å². The van der Waals surface area contributed by atoms with Gasteiger partial charge in [0.15, 0.2) is 0 Å². The Labute approximate surface area is 147 Å². The Bertz CT molecular complexity index is 764. The normalized spacial score (nSPS) is 14.5. The summed E-state index contributed by atoms with van der Waals surface area (Å²) in [6.45, 7) is 8.39. The Balaban J connectivity index is 2.03. The molecule has 0 N–H and O–H groups in total. The summed E-state index contributed by atoms with van der Waals surface area (Å²) in [7, 11) is 1.70. The Morgan fingerprint density at radius 1 is 1.39 bits per heavy atom. The minimum atomic E-state index is -0.345. The molecule has 0 saturated carbocycles. The zero-order chi connectivity index (χ0) is 16.6. The Morgan fingerprint density at radius 3 is 2.87 bits per heavy atom. The fraction of sp³-hybridized carbons (Fsp3) is 0.412. The van der Waals surface area contributed by atoms with Gasteiger partial charge < -0.3 is 0 Å². The van der Waals surface area contributed by atoms with E-state index in [1.165, 1.54) is 10.0 Å². The second kappa shape index (κ2) is 6.34. The van der Waals surface area contributed by atoms with Crippen molar-refractivity contribution in [2.24, 2.45) is 0 Å². The third-order valence-electron chi connectivity index (χ3n) is 3.65. The number of ether oxygens (including phenoxy) is 2. The van der Waals surface area contributed by atoms with Crippen molar-refractivity contribution in [2.75, 3.05) is 12.9 Å². The third-order valence-corrected chi connectivity index (χ3v) is 6.78. The van der Waals surface area contributed by atoms with Gasteiger partial charge in [-0.25, -0.2) is 0 Å². The number of allylic oxidation sites excluding steroid dienone is 1. The van der Waals surface area contributed by atoms with Gasteiger partial charge in [0.05, 0.1) is 0 Å². The SMILES string of the molecule is COc1cc2c(cc1SCC=C(C)C)OC(C)(C)c1[se]nnc1-2. The van der Waals surface area contributed by atoms with Crippen molar-refractivity contribution in [3.63, 3.8) is 0 Å². The van der Waals surface area contributed by atoms with E-state index < -0.39 is 0 Å². The number of fused-ring (bicyclic) bond motifs is 3. The fourth-order valence-corrected chi connectivity index (χ4v) is 5.01. The Hall–Kier alpha value is -1.23. The van der Waals surface area contributed by atoms with Crippen molar-refractivity contribution < 1.29 is 9.47 Å². The van der Waals surface area contributed by atoms with E-state index in [4.69, 9.17) is 9.47 Å². The van der Waals surface area contributed by atoms with Gasteiger partial charge in [-0.15, -0.1) is 0 Å². The summed E-state index contributed by atoms with van der Waals surface area (Å²) in [5.41, 5.74) is 2.93. The Kier molecular flexibility index (Phi) is 4.58. The summed E-state index contributed by atoms with van der Waals surface area (Å²) in [5.74, 6) is 2.64. The molecule has 1 aliphatic heterocycles. The van der Waals surface area contributed by atoms with Crippen LogP contribution in [0.2, 0.25) is 0 Å². The van der Waals surface area contributed by atoms with Crippen LogP contribution in [0.3, 0.4) is 0 Å². The number of aromatic nitrogens is 2. The zero-order valence-corrected chi connectivity index (χ0v) is 16.5. The van der Waals surface area contributed by atoms with Gasteiger partial charge in [0, 0.05) is 0 Å². The van der Waals surface area contributed by atoms with Gasteiger partial charge in [0.25, 0.3) is 0 Å². The maximum absolute atomic E-state index is 6.25. The van der Waals surface area contributed by atoms with E-state index in [2.05, 4.69) is 49.0 Å². The first-order valence-corrected chi connectivity index (χ1v) is 10.0. The standard InChI is InChI=1S/C17H20N2O2SSe/c1-10(2)6-7-22-14-9-12-11(8-13(14)20-5)15-16(23-19-18-15)17(3,4)21-12/h6,8-9H,7H2,1-5H3. The molecule has 0 aliphatic carbocycles. The van der Waals surface area contributed by atoms with Crippen LogP contribution in [0, 0.1) is 0 Å². The number of nitrogens with zero attached hydrogens (tertiary/aromatic N) is 2. The first-order valence-electron chi connectivity index (χ1n) is 7.43. The number of rotatable bonds is 4. The minimum absolute atomic E-state index is 0.0284. The molecule has 4 nitrogen and oxygen atoms in total. The average molecular weight is 395 g/mol. The van der Waals surface area contributed by atoms with Crippen LogP contribution in [0.25, 0.3) is 11.3 Å². The van der Waals surface area contributed by atoms with Crippen LogP contribution in [-0.2, 0) is 5.60 Å². The molecule has 0 unspecified atom stereocenters. The van der Waals surface area contributed by atoms with Crippen LogP contribution in [0.4, 0.5) is 0 Å². The first-order chi connectivity index (χ1) is 10.9. The molecule has 0 spiro atoms. The van der Waals surface area contributed by atoms with Gasteiger partial charge in [0.2, 0.25) is 0 Å². The molecule has 1 aliphatic rings. The molecule has 6 heteroatoms. The molecule has 0 fully saturated rings. The van der Waals surface area contributed by atoms with Crippen molar-refractivity contribution >= 4 is 26.5 Å². The molecule has 0 atom stereocenters. The van der Waals surface area contributed by atoms with E-state index in [9.17, 15) is 0 Å². The van der Waals surface area contributed by atoms with Crippen molar-refractivity contribution in [3.05, 3.63) is 28.2 Å². The van der Waals surface area contributed by atoms with Gasteiger partial charge >= 0.3 is 147 Å². The van der Waals surface area contributed by atoms with Crippen molar-refractivity contribution in [2.45, 2.75) is 38.2 Å². The molecule has 0 bridgehead atoms. The summed E-state index contributed by atoms with van der Waals surface area (Å²) in [5, 5.41) is 4.37. The van der Waals surface area contributed by atoms with Crippen molar-refractivity contribution in [1.82, 2.24) is 9.19 Å². The van der Waals surface area contributed by atoms with Crippen LogP contribution in [0.5, 0.6) is 11.5 Å². The topological polar surface area (TPSA) is 44.2 Å². The number of benzene rings is 1. The molecule has 0 radical (unpaired) electrons. The van der Waals surface area contributed by atoms with E-state index >= 15 is 0 Å². The summed E-state index contributed by atoms with van der Waals surface area (Å²) in [4.78, 5) is 1.09. The summed E-state index contributed by atoms with van der Waals surface area (Å²) in [6, 6.07) is 4.11. The second-order valence-corrected chi connectivity index (χ2v) is 8.80. The van der Waals surface area contributed by atoms with E-state index in [1.807, 2.05) is 6.07 Å². The molecule has 0 amide bonds. The number of hydrogen-bond acceptors (Lipinski definition) is 5. The van der Waals surface area contributed by atoms with Gasteiger partial charge in [0.1, 0.15) is 0 Å². The quantitative estimate of drug-likeness (QED) is 0.446. The summed E-state index contributed by atoms with van der Waals surface area (Å²) < 4.78 is 17.3. The second-order valence-electron chi connectivity index (χ2n) is 6.15. The predicted octanol–water partition coefficient (Wildman–Crippen LogP) is 3.90. The van der Waals surface area contributed by atoms with Gasteiger partial charge in [-0.05, 0) is 0 Å². The molecule has 23 heavy (non-hydrogen) atoms. The molecule has 2 aromatic rings. The fourth-order valence-electron chi connectivity index (χ4n) is 2.46. The van der Waals surface area contributed by atoms with Crippen LogP contribution in [0.15, 0.2) is 28.7 Å². The molecular formula is C17H20N2O2SSe. The maximum atomic E-state index is 6.25. The van der Waals surface area contributed by atoms with Crippen LogP contribution in [0.1, 0.15) is 32.1 Å². The van der Waals surface area contributed by atoms with Crippen LogP contribution >= 0.6 is 11.8 Å². The Morgan fingerprint density at radius 2 is 2.17 bits per heavy atom. The first kappa shape index (κ1) is 16.6. The van der Waals surface area contributed by atoms with Crippen molar-refractivity contribution in [3.8, 4) is 22.8 Å².